The van der Waals surface area contributed by atoms with Crippen molar-refractivity contribution >= 4 is 34.9 Å². The van der Waals surface area contributed by atoms with Gasteiger partial charge >= 0.3 is 12.1 Å². The van der Waals surface area contributed by atoms with Crippen LogP contribution in [0.5, 0.6) is 0 Å². The molecule has 1 saturated heterocycles. The van der Waals surface area contributed by atoms with Gasteiger partial charge in [0.05, 0.1) is 30.9 Å². The highest BCUT2D eigenvalue weighted by atomic mass is 35.5. The van der Waals surface area contributed by atoms with E-state index in [-0.39, 0.29) is 25.0 Å². The molecular weight excluding hydrogens is 521 g/mol. The van der Waals surface area contributed by atoms with Gasteiger partial charge in [-0.2, -0.15) is 13.2 Å². The summed E-state index contributed by atoms with van der Waals surface area (Å²) in [6.45, 7) is 5.63. The van der Waals surface area contributed by atoms with Crippen LogP contribution in [0, 0.1) is 0 Å². The fraction of sp³-hybridized carbons (Fsp3) is 0.481. The number of hydrogen-bond acceptors (Lipinski definition) is 6. The number of esters is 1. The van der Waals surface area contributed by atoms with E-state index >= 15 is 0 Å². The fourth-order valence-electron chi connectivity index (χ4n) is 4.84. The van der Waals surface area contributed by atoms with Crippen LogP contribution in [0.2, 0.25) is 5.02 Å². The lowest BCUT2D eigenvalue weighted by Crippen LogP contribution is -2.47. The Labute approximate surface area is 225 Å². The Bertz CT molecular complexity index is 1150. The van der Waals surface area contributed by atoms with E-state index in [9.17, 15) is 22.8 Å². The zero-order valence-corrected chi connectivity index (χ0v) is 22.1. The summed E-state index contributed by atoms with van der Waals surface area (Å²) in [5, 5.41) is 3.49. The van der Waals surface area contributed by atoms with Crippen molar-refractivity contribution in [3.63, 3.8) is 0 Å². The number of alkyl halides is 3. The maximum atomic E-state index is 13.2. The van der Waals surface area contributed by atoms with Crippen LogP contribution in [0.4, 0.5) is 24.5 Å². The SMILES string of the molecule is CCOC(=O)CN1CCc2ccc(C(=O)Nc3ccc(Cl)cc3N3CCN(CCC(F)(F)F)CC3)cc2C1. The summed E-state index contributed by atoms with van der Waals surface area (Å²) in [5.41, 5.74) is 3.97. The van der Waals surface area contributed by atoms with Crippen LogP contribution in [0.15, 0.2) is 36.4 Å². The molecular formula is C27H32ClF3N4O3. The van der Waals surface area contributed by atoms with E-state index in [1.54, 1.807) is 36.1 Å². The number of fused-ring (bicyclic) bond motifs is 1. The molecule has 1 amide bonds. The van der Waals surface area contributed by atoms with Crippen molar-refractivity contribution in [1.29, 1.82) is 0 Å². The first-order valence-electron chi connectivity index (χ1n) is 12.8. The Kier molecular flexibility index (Phi) is 9.17. The summed E-state index contributed by atoms with van der Waals surface area (Å²) in [5.74, 6) is -0.538. The lowest BCUT2D eigenvalue weighted by atomic mass is 9.97. The largest absolute Gasteiger partial charge is 0.465 e. The van der Waals surface area contributed by atoms with E-state index in [4.69, 9.17) is 16.3 Å². The van der Waals surface area contributed by atoms with Crippen molar-refractivity contribution in [3.05, 3.63) is 58.1 Å². The molecule has 2 aliphatic heterocycles. The fourth-order valence-corrected chi connectivity index (χ4v) is 5.01. The summed E-state index contributed by atoms with van der Waals surface area (Å²) in [4.78, 5) is 31.0. The van der Waals surface area contributed by atoms with Crippen molar-refractivity contribution < 1.29 is 27.5 Å². The third kappa shape index (κ3) is 7.61. The first-order valence-corrected chi connectivity index (χ1v) is 13.1. The van der Waals surface area contributed by atoms with Crippen LogP contribution in [0.1, 0.15) is 34.8 Å². The molecule has 206 valence electrons. The number of carbonyl (C=O) groups is 2. The van der Waals surface area contributed by atoms with Crippen molar-refractivity contribution in [2.24, 2.45) is 0 Å². The second kappa shape index (κ2) is 12.4. The van der Waals surface area contributed by atoms with E-state index in [0.717, 1.165) is 29.8 Å². The van der Waals surface area contributed by atoms with Gasteiger partial charge in [0.2, 0.25) is 0 Å². The van der Waals surface area contributed by atoms with Gasteiger partial charge in [0.1, 0.15) is 0 Å². The molecule has 0 aromatic heterocycles. The third-order valence-corrected chi connectivity index (χ3v) is 7.09. The van der Waals surface area contributed by atoms with Gasteiger partial charge in [0, 0.05) is 56.4 Å². The minimum Gasteiger partial charge on any atom is -0.465 e. The number of halogens is 4. The van der Waals surface area contributed by atoms with E-state index in [1.807, 2.05) is 21.9 Å². The zero-order valence-electron chi connectivity index (χ0n) is 21.3. The van der Waals surface area contributed by atoms with E-state index in [0.29, 0.717) is 55.6 Å². The van der Waals surface area contributed by atoms with E-state index in [1.165, 1.54) is 0 Å². The molecule has 0 radical (unpaired) electrons. The summed E-state index contributed by atoms with van der Waals surface area (Å²) < 4.78 is 42.8. The van der Waals surface area contributed by atoms with Gasteiger partial charge in [-0.05, 0) is 54.8 Å². The predicted octanol–water partition coefficient (Wildman–Crippen LogP) is 4.59. The second-order valence-corrected chi connectivity index (χ2v) is 10.00. The number of carbonyl (C=O) groups excluding carboxylic acids is 2. The van der Waals surface area contributed by atoms with Crippen molar-refractivity contribution in [2.45, 2.75) is 32.5 Å². The Hall–Kier alpha value is -2.82. The first-order chi connectivity index (χ1) is 18.1. The Balaban J connectivity index is 1.42. The van der Waals surface area contributed by atoms with Gasteiger partial charge in [0.15, 0.2) is 0 Å². The zero-order chi connectivity index (χ0) is 27.3. The van der Waals surface area contributed by atoms with Crippen LogP contribution in [-0.4, -0.2) is 80.3 Å². The highest BCUT2D eigenvalue weighted by molar-refractivity contribution is 6.31. The van der Waals surface area contributed by atoms with Gasteiger partial charge in [-0.1, -0.05) is 17.7 Å². The van der Waals surface area contributed by atoms with Crippen LogP contribution in [0.25, 0.3) is 0 Å². The standard InChI is InChI=1S/C27H32ClF3N4O3/c1-2-38-25(36)18-34-9-7-19-3-4-20(15-21(19)17-34)26(37)32-23-6-5-22(28)16-24(23)35-13-11-33(12-14-35)10-8-27(29,30)31/h3-6,15-16H,2,7-14,17-18H2,1H3,(H,32,37). The number of anilines is 2. The minimum atomic E-state index is -4.17. The molecule has 11 heteroatoms. The quantitative estimate of drug-likeness (QED) is 0.483. The van der Waals surface area contributed by atoms with Crippen molar-refractivity contribution in [1.82, 2.24) is 9.80 Å². The number of nitrogens with zero attached hydrogens (tertiary/aromatic N) is 3. The number of amides is 1. The molecule has 0 unspecified atom stereocenters. The van der Waals surface area contributed by atoms with Crippen LogP contribution < -0.4 is 10.2 Å². The highest BCUT2D eigenvalue weighted by Gasteiger charge is 2.29. The van der Waals surface area contributed by atoms with Gasteiger partial charge in [-0.25, -0.2) is 0 Å². The van der Waals surface area contributed by atoms with Crippen LogP contribution >= 0.6 is 11.6 Å². The maximum absolute atomic E-state index is 13.2. The highest BCUT2D eigenvalue weighted by Crippen LogP contribution is 2.31. The van der Waals surface area contributed by atoms with Crippen molar-refractivity contribution in [3.8, 4) is 0 Å². The molecule has 2 aromatic rings. The third-order valence-electron chi connectivity index (χ3n) is 6.85. The molecule has 1 N–H and O–H groups in total. The molecule has 2 aromatic carbocycles. The molecule has 0 saturated carbocycles. The Morgan fingerprint density at radius 1 is 1.00 bits per heavy atom. The predicted molar refractivity (Wildman–Crippen MR) is 141 cm³/mol. The number of rotatable bonds is 8. The molecule has 4 rings (SSSR count). The molecule has 2 aliphatic rings. The maximum Gasteiger partial charge on any atom is 0.390 e. The molecule has 2 heterocycles. The lowest BCUT2D eigenvalue weighted by molar-refractivity contribution is -0.144. The van der Waals surface area contributed by atoms with Gasteiger partial charge in [0.25, 0.3) is 5.91 Å². The number of ether oxygens (including phenoxy) is 1. The van der Waals surface area contributed by atoms with E-state index < -0.39 is 12.6 Å². The average Bonchev–Trinajstić information content (AvgIpc) is 2.88. The Morgan fingerprint density at radius 2 is 1.76 bits per heavy atom. The lowest BCUT2D eigenvalue weighted by Gasteiger charge is -2.37. The van der Waals surface area contributed by atoms with Gasteiger partial charge in [-0.3, -0.25) is 19.4 Å². The molecule has 0 aliphatic carbocycles. The normalized spacial score (nSPS) is 16.7. The molecule has 7 nitrogen and oxygen atoms in total. The first kappa shape index (κ1) is 28.2. The summed E-state index contributed by atoms with van der Waals surface area (Å²) in [6, 6.07) is 10.8. The summed E-state index contributed by atoms with van der Waals surface area (Å²) in [6.07, 6.45) is -4.21. The smallest absolute Gasteiger partial charge is 0.390 e. The molecule has 0 bridgehead atoms. The monoisotopic (exact) mass is 552 g/mol. The Morgan fingerprint density at radius 3 is 2.47 bits per heavy atom. The molecule has 0 spiro atoms. The van der Waals surface area contributed by atoms with Gasteiger partial charge in [-0.15, -0.1) is 0 Å². The number of hydrogen-bond donors (Lipinski definition) is 1. The second-order valence-electron chi connectivity index (χ2n) is 9.56. The minimum absolute atomic E-state index is 0.0218. The van der Waals surface area contributed by atoms with Crippen molar-refractivity contribution in [2.75, 3.05) is 62.6 Å². The molecule has 38 heavy (non-hydrogen) atoms. The molecule has 0 atom stereocenters. The molecule has 1 fully saturated rings. The summed E-state index contributed by atoms with van der Waals surface area (Å²) >= 11 is 6.25. The average molecular weight is 553 g/mol. The number of piperazine rings is 1. The number of benzene rings is 2. The number of nitrogens with one attached hydrogen (secondary N) is 1. The topological polar surface area (TPSA) is 65.1 Å². The van der Waals surface area contributed by atoms with Crippen LogP contribution in [-0.2, 0) is 22.5 Å². The van der Waals surface area contributed by atoms with Gasteiger partial charge < -0.3 is 15.0 Å². The van der Waals surface area contributed by atoms with Crippen LogP contribution in [0.3, 0.4) is 0 Å². The summed E-state index contributed by atoms with van der Waals surface area (Å²) in [7, 11) is 0. The van der Waals surface area contributed by atoms with E-state index in [2.05, 4.69) is 5.32 Å².